The quantitative estimate of drug-likeness (QED) is 0.708. The Labute approximate surface area is 144 Å². The zero-order valence-corrected chi connectivity index (χ0v) is 14.4. The molecule has 24 heavy (non-hydrogen) atoms. The summed E-state index contributed by atoms with van der Waals surface area (Å²) in [5.74, 6) is 1.29. The molecular formula is C16H20N6OS. The number of likely N-dealkylation sites (tertiary alicyclic amines) is 1. The Bertz CT molecular complexity index is 753. The van der Waals surface area contributed by atoms with Gasteiger partial charge < -0.3 is 4.42 Å². The molecule has 3 aromatic rings. The van der Waals surface area contributed by atoms with Gasteiger partial charge in [-0.25, -0.2) is 4.98 Å². The molecule has 0 aliphatic carbocycles. The van der Waals surface area contributed by atoms with Crippen molar-refractivity contribution in [2.45, 2.75) is 44.8 Å². The van der Waals surface area contributed by atoms with E-state index in [2.05, 4.69) is 32.1 Å². The highest BCUT2D eigenvalue weighted by Gasteiger charge is 2.30. The van der Waals surface area contributed by atoms with Gasteiger partial charge in [-0.3, -0.25) is 9.58 Å². The van der Waals surface area contributed by atoms with E-state index < -0.39 is 0 Å². The van der Waals surface area contributed by atoms with Gasteiger partial charge in [0, 0.05) is 6.04 Å². The lowest BCUT2D eigenvalue weighted by Crippen LogP contribution is -2.43. The summed E-state index contributed by atoms with van der Waals surface area (Å²) in [5, 5.41) is 14.8. The second kappa shape index (κ2) is 6.82. The lowest BCUT2D eigenvalue weighted by molar-refractivity contribution is 0.0754. The first-order valence-electron chi connectivity index (χ1n) is 8.26. The topological polar surface area (TPSA) is 72.9 Å². The van der Waals surface area contributed by atoms with Gasteiger partial charge in [-0.05, 0) is 37.8 Å². The predicted octanol–water partition coefficient (Wildman–Crippen LogP) is 3.01. The van der Waals surface area contributed by atoms with Crippen molar-refractivity contribution in [3.8, 4) is 10.8 Å². The zero-order valence-electron chi connectivity index (χ0n) is 13.6. The van der Waals surface area contributed by atoms with Gasteiger partial charge in [0.15, 0.2) is 0 Å². The Morgan fingerprint density at radius 3 is 3.12 bits per heavy atom. The number of rotatable bonds is 5. The van der Waals surface area contributed by atoms with Gasteiger partial charge >= 0.3 is 0 Å². The molecule has 8 heteroatoms. The lowest BCUT2D eigenvalue weighted by atomic mass is 10.00. The zero-order chi connectivity index (χ0) is 16.4. The average molecular weight is 344 g/mol. The van der Waals surface area contributed by atoms with Crippen molar-refractivity contribution in [2.24, 2.45) is 0 Å². The summed E-state index contributed by atoms with van der Waals surface area (Å²) in [6, 6.07) is 4.50. The van der Waals surface area contributed by atoms with Crippen LogP contribution >= 0.6 is 11.3 Å². The molecule has 1 saturated heterocycles. The van der Waals surface area contributed by atoms with Gasteiger partial charge in [-0.1, -0.05) is 12.5 Å². The first-order valence-corrected chi connectivity index (χ1v) is 9.14. The fourth-order valence-corrected chi connectivity index (χ4v) is 3.96. The predicted molar refractivity (Wildman–Crippen MR) is 90.4 cm³/mol. The molecular weight excluding hydrogens is 324 g/mol. The highest BCUT2D eigenvalue weighted by Crippen LogP contribution is 2.31. The highest BCUT2D eigenvalue weighted by molar-refractivity contribution is 7.13. The molecule has 0 amide bonds. The summed E-state index contributed by atoms with van der Waals surface area (Å²) in [6.45, 7) is 4.03. The number of thiophene rings is 1. The summed E-state index contributed by atoms with van der Waals surface area (Å²) >= 11 is 1.61. The molecule has 1 aliphatic rings. The molecule has 1 aliphatic heterocycles. The Hall–Kier alpha value is -2.06. The minimum absolute atomic E-state index is 0.0973. The Balaban J connectivity index is 1.52. The minimum Gasteiger partial charge on any atom is -0.418 e. The molecule has 0 aromatic carbocycles. The summed E-state index contributed by atoms with van der Waals surface area (Å²) in [5.41, 5.74) is 0. The molecule has 0 saturated carbocycles. The summed E-state index contributed by atoms with van der Waals surface area (Å²) < 4.78 is 7.84. The van der Waals surface area contributed by atoms with Crippen LogP contribution in [-0.4, -0.2) is 42.4 Å². The molecule has 0 N–H and O–H groups in total. The van der Waals surface area contributed by atoms with E-state index in [1.165, 1.54) is 12.8 Å². The van der Waals surface area contributed by atoms with Gasteiger partial charge in [-0.2, -0.15) is 5.10 Å². The largest absolute Gasteiger partial charge is 0.418 e. The summed E-state index contributed by atoms with van der Waals surface area (Å²) in [6.07, 6.45) is 6.95. The fourth-order valence-electron chi connectivity index (χ4n) is 3.32. The van der Waals surface area contributed by atoms with Gasteiger partial charge in [0.2, 0.25) is 5.89 Å². The fraction of sp³-hybridized carbons (Fsp3) is 0.500. The maximum atomic E-state index is 5.94. The molecule has 2 atom stereocenters. The van der Waals surface area contributed by atoms with Crippen molar-refractivity contribution >= 4 is 11.3 Å². The minimum atomic E-state index is 0.0973. The molecule has 0 spiro atoms. The van der Waals surface area contributed by atoms with Crippen LogP contribution in [0.25, 0.3) is 10.8 Å². The highest BCUT2D eigenvalue weighted by atomic mass is 32.1. The van der Waals surface area contributed by atoms with Crippen molar-refractivity contribution < 1.29 is 4.42 Å². The molecule has 4 heterocycles. The van der Waals surface area contributed by atoms with Crippen LogP contribution in [0.2, 0.25) is 0 Å². The normalized spacial score (nSPS) is 20.3. The van der Waals surface area contributed by atoms with Crippen LogP contribution in [0.5, 0.6) is 0 Å². The van der Waals surface area contributed by atoms with Gasteiger partial charge in [0.25, 0.3) is 5.89 Å². The van der Waals surface area contributed by atoms with Crippen LogP contribution in [0, 0.1) is 0 Å². The molecule has 0 radical (unpaired) electrons. The first kappa shape index (κ1) is 15.5. The summed E-state index contributed by atoms with van der Waals surface area (Å²) in [7, 11) is 0. The van der Waals surface area contributed by atoms with Crippen molar-refractivity contribution in [2.75, 3.05) is 6.54 Å². The summed E-state index contributed by atoms with van der Waals surface area (Å²) in [4.78, 5) is 7.51. The Morgan fingerprint density at radius 1 is 1.38 bits per heavy atom. The maximum absolute atomic E-state index is 5.94. The second-order valence-electron chi connectivity index (χ2n) is 6.10. The van der Waals surface area contributed by atoms with Crippen LogP contribution in [0.3, 0.4) is 0 Å². The SMILES string of the molecule is C[C@@H](c1nnc(-c2cccs2)o1)N1CCCC[C@H]1Cn1cncn1. The van der Waals surface area contributed by atoms with E-state index in [0.717, 1.165) is 24.4 Å². The number of hydrogen-bond donors (Lipinski definition) is 0. The van der Waals surface area contributed by atoms with Crippen molar-refractivity contribution in [1.29, 1.82) is 0 Å². The van der Waals surface area contributed by atoms with Crippen molar-refractivity contribution in [3.63, 3.8) is 0 Å². The van der Waals surface area contributed by atoms with E-state index in [9.17, 15) is 0 Å². The molecule has 3 aromatic heterocycles. The van der Waals surface area contributed by atoms with Crippen LogP contribution in [0.15, 0.2) is 34.6 Å². The molecule has 7 nitrogen and oxygen atoms in total. The molecule has 4 rings (SSSR count). The molecule has 1 fully saturated rings. The first-order chi connectivity index (χ1) is 11.8. The monoisotopic (exact) mass is 344 g/mol. The van der Waals surface area contributed by atoms with Gasteiger partial charge in [0.1, 0.15) is 12.7 Å². The van der Waals surface area contributed by atoms with E-state index in [0.29, 0.717) is 17.8 Å². The third kappa shape index (κ3) is 3.11. The van der Waals surface area contributed by atoms with Crippen molar-refractivity contribution in [1.82, 2.24) is 29.9 Å². The van der Waals surface area contributed by atoms with Gasteiger partial charge in [0.05, 0.1) is 17.5 Å². The molecule has 0 bridgehead atoms. The van der Waals surface area contributed by atoms with Crippen LogP contribution in [0.1, 0.15) is 38.1 Å². The van der Waals surface area contributed by atoms with E-state index in [-0.39, 0.29) is 6.04 Å². The number of hydrogen-bond acceptors (Lipinski definition) is 7. The van der Waals surface area contributed by atoms with Crippen LogP contribution in [-0.2, 0) is 6.54 Å². The van der Waals surface area contributed by atoms with E-state index in [4.69, 9.17) is 4.42 Å². The van der Waals surface area contributed by atoms with Crippen LogP contribution < -0.4 is 0 Å². The number of piperidine rings is 1. The molecule has 126 valence electrons. The van der Waals surface area contributed by atoms with Crippen molar-refractivity contribution in [3.05, 3.63) is 36.1 Å². The maximum Gasteiger partial charge on any atom is 0.257 e. The smallest absolute Gasteiger partial charge is 0.257 e. The number of aromatic nitrogens is 5. The van der Waals surface area contributed by atoms with E-state index >= 15 is 0 Å². The van der Waals surface area contributed by atoms with E-state index in [1.807, 2.05) is 22.2 Å². The third-order valence-electron chi connectivity index (χ3n) is 4.56. The second-order valence-corrected chi connectivity index (χ2v) is 7.05. The lowest BCUT2D eigenvalue weighted by Gasteiger charge is -2.38. The Morgan fingerprint density at radius 2 is 2.33 bits per heavy atom. The number of nitrogens with zero attached hydrogens (tertiary/aromatic N) is 6. The van der Waals surface area contributed by atoms with Gasteiger partial charge in [-0.15, -0.1) is 21.5 Å². The average Bonchev–Trinajstić information content (AvgIpc) is 3.35. The van der Waals surface area contributed by atoms with E-state index in [1.54, 1.807) is 24.0 Å². The standard InChI is InChI=1S/C16H20N6OS/c1-12(15-19-20-16(23-15)14-6-4-8-24-14)22-7-3-2-5-13(22)9-21-11-17-10-18-21/h4,6,8,10-13H,2-3,5,7,9H2,1H3/t12-,13-/m0/s1. The molecule has 0 unspecified atom stereocenters. The Kier molecular flexibility index (Phi) is 4.40. The third-order valence-corrected chi connectivity index (χ3v) is 5.42. The van der Waals surface area contributed by atoms with Crippen LogP contribution in [0.4, 0.5) is 0 Å².